The van der Waals surface area contributed by atoms with Crippen LogP contribution < -0.4 is 19.7 Å². The second kappa shape index (κ2) is 11.7. The van der Waals surface area contributed by atoms with Gasteiger partial charge in [-0.1, -0.05) is 0 Å². The number of hydrogen-bond acceptors (Lipinski definition) is 10. The van der Waals surface area contributed by atoms with Crippen LogP contribution in [0.25, 0.3) is 11.0 Å². The number of amides is 1. The van der Waals surface area contributed by atoms with E-state index in [2.05, 4.69) is 35.4 Å². The van der Waals surface area contributed by atoms with Gasteiger partial charge in [0.2, 0.25) is 0 Å². The quantitative estimate of drug-likeness (QED) is 0.368. The number of rotatable bonds is 10. The molecule has 0 saturated carbocycles. The van der Waals surface area contributed by atoms with Crippen molar-refractivity contribution >= 4 is 22.8 Å². The van der Waals surface area contributed by atoms with Gasteiger partial charge in [-0.3, -0.25) is 9.89 Å². The van der Waals surface area contributed by atoms with Gasteiger partial charge < -0.3 is 29.5 Å². The second-order valence-corrected chi connectivity index (χ2v) is 9.39. The Hall–Kier alpha value is -3.51. The predicted molar refractivity (Wildman–Crippen MR) is 137 cm³/mol. The number of pyridine rings is 1. The lowest BCUT2D eigenvalue weighted by molar-refractivity contribution is 0.0826. The summed E-state index contributed by atoms with van der Waals surface area (Å²) in [7, 11) is 3.23. The number of methoxy groups -OCH3 is 2. The van der Waals surface area contributed by atoms with Crippen molar-refractivity contribution in [3.63, 3.8) is 0 Å². The Morgan fingerprint density at radius 1 is 1.24 bits per heavy atom. The van der Waals surface area contributed by atoms with Crippen molar-refractivity contribution in [3.05, 3.63) is 29.7 Å². The van der Waals surface area contributed by atoms with Gasteiger partial charge in [0.1, 0.15) is 23.4 Å². The molecule has 4 rings (SSSR count). The van der Waals surface area contributed by atoms with Gasteiger partial charge in [-0.2, -0.15) is 15.1 Å². The van der Waals surface area contributed by atoms with Crippen LogP contribution in [0.1, 0.15) is 55.7 Å². The van der Waals surface area contributed by atoms with E-state index >= 15 is 0 Å². The third-order valence-electron chi connectivity index (χ3n) is 6.61. The number of fused-ring (bicyclic) bond motifs is 1. The van der Waals surface area contributed by atoms with Crippen LogP contribution in [0, 0.1) is 0 Å². The number of H-pyrrole nitrogens is 1. The fourth-order valence-corrected chi connectivity index (χ4v) is 4.40. The van der Waals surface area contributed by atoms with Crippen LogP contribution in [-0.4, -0.2) is 88.3 Å². The molecular formula is C25H35N7O5. The number of hydrogen-bond donors (Lipinski definition) is 3. The third-order valence-corrected chi connectivity index (χ3v) is 6.61. The van der Waals surface area contributed by atoms with Crippen molar-refractivity contribution in [2.24, 2.45) is 0 Å². The Balaban J connectivity index is 1.55. The van der Waals surface area contributed by atoms with E-state index in [1.165, 1.54) is 0 Å². The van der Waals surface area contributed by atoms with Crippen molar-refractivity contribution < 1.29 is 24.1 Å². The lowest BCUT2D eigenvalue weighted by atomic mass is 9.92. The molecule has 12 nitrogen and oxygen atoms in total. The summed E-state index contributed by atoms with van der Waals surface area (Å²) in [6.07, 6.45) is 2.38. The number of anilines is 1. The molecule has 1 saturated heterocycles. The number of aliphatic hydroxyl groups excluding tert-OH is 1. The molecule has 1 aliphatic rings. The summed E-state index contributed by atoms with van der Waals surface area (Å²) in [6.45, 7) is 6.98. The lowest BCUT2D eigenvalue weighted by Crippen LogP contribution is -2.40. The Labute approximate surface area is 215 Å². The maximum absolute atomic E-state index is 12.9. The average molecular weight is 514 g/mol. The van der Waals surface area contributed by atoms with Gasteiger partial charge in [-0.25, -0.2) is 4.98 Å². The van der Waals surface area contributed by atoms with Crippen LogP contribution in [0.2, 0.25) is 0 Å². The number of nitrogens with one attached hydrogen (secondary N) is 2. The average Bonchev–Trinajstić information content (AvgIpc) is 3.33. The highest BCUT2D eigenvalue weighted by Crippen LogP contribution is 2.36. The van der Waals surface area contributed by atoms with Crippen LogP contribution in [0.15, 0.2) is 18.3 Å². The molecule has 200 valence electrons. The molecule has 3 aromatic rings. The first-order chi connectivity index (χ1) is 17.8. The van der Waals surface area contributed by atoms with Gasteiger partial charge >= 0.3 is 6.01 Å². The van der Waals surface area contributed by atoms with E-state index in [0.717, 1.165) is 29.7 Å². The maximum Gasteiger partial charge on any atom is 0.319 e. The highest BCUT2D eigenvalue weighted by molar-refractivity contribution is 5.93. The van der Waals surface area contributed by atoms with Crippen molar-refractivity contribution in [3.8, 4) is 11.8 Å². The van der Waals surface area contributed by atoms with Crippen LogP contribution in [-0.2, 0) is 4.74 Å². The molecule has 0 aliphatic carbocycles. The SMILES string of the molecule is COC[C@@H](C)Oc1nc(C(=O)N[C@H](C)[C@@H](C)O)cc(N2CCC(c3[nH]nc4nccc(OC)c34)CC2)n1. The molecule has 0 aromatic carbocycles. The van der Waals surface area contributed by atoms with Crippen LogP contribution in [0.4, 0.5) is 5.82 Å². The zero-order chi connectivity index (χ0) is 26.5. The summed E-state index contributed by atoms with van der Waals surface area (Å²) in [6, 6.07) is 3.18. The number of aromatic nitrogens is 5. The summed E-state index contributed by atoms with van der Waals surface area (Å²) >= 11 is 0. The van der Waals surface area contributed by atoms with Gasteiger partial charge in [-0.15, -0.1) is 0 Å². The minimum atomic E-state index is -0.700. The molecular weight excluding hydrogens is 478 g/mol. The minimum absolute atomic E-state index is 0.106. The van der Waals surface area contributed by atoms with Gasteiger partial charge in [0.05, 0.1) is 36.9 Å². The smallest absolute Gasteiger partial charge is 0.319 e. The first-order valence-corrected chi connectivity index (χ1v) is 12.5. The normalized spacial score (nSPS) is 16.9. The maximum atomic E-state index is 12.9. The standard InChI is InChI=1S/C25H35N7O5/c1-14(13-35-4)37-25-28-18(24(34)27-15(2)16(3)33)12-20(29-25)32-10-7-17(8-11-32)22-21-19(36-5)6-9-26-23(21)31-30-22/h6,9,12,14-17,33H,7-8,10-11,13H2,1-5H3,(H,27,34)(H,26,30,31)/t14-,15-,16-/m1/s1. The van der Waals surface area contributed by atoms with E-state index in [0.29, 0.717) is 31.2 Å². The van der Waals surface area contributed by atoms with E-state index in [1.807, 2.05) is 13.0 Å². The highest BCUT2D eigenvalue weighted by atomic mass is 16.5. The molecule has 1 fully saturated rings. The van der Waals surface area contributed by atoms with Crippen LogP contribution in [0.5, 0.6) is 11.8 Å². The Morgan fingerprint density at radius 3 is 2.68 bits per heavy atom. The molecule has 3 N–H and O–H groups in total. The summed E-state index contributed by atoms with van der Waals surface area (Å²) in [4.78, 5) is 28.3. The summed E-state index contributed by atoms with van der Waals surface area (Å²) in [5, 5.41) is 21.0. The molecule has 1 amide bonds. The Morgan fingerprint density at radius 2 is 2.00 bits per heavy atom. The number of aliphatic hydroxyl groups is 1. The Bertz CT molecular complexity index is 1210. The van der Waals surface area contributed by atoms with E-state index in [9.17, 15) is 9.90 Å². The van der Waals surface area contributed by atoms with Crippen molar-refractivity contribution in [1.29, 1.82) is 0 Å². The number of piperidine rings is 1. The first-order valence-electron chi connectivity index (χ1n) is 12.5. The summed E-state index contributed by atoms with van der Waals surface area (Å²) in [5.74, 6) is 1.20. The number of aromatic amines is 1. The minimum Gasteiger partial charge on any atom is -0.496 e. The summed E-state index contributed by atoms with van der Waals surface area (Å²) < 4.78 is 16.5. The lowest BCUT2D eigenvalue weighted by Gasteiger charge is -2.32. The molecule has 1 aliphatic heterocycles. The molecule has 37 heavy (non-hydrogen) atoms. The second-order valence-electron chi connectivity index (χ2n) is 9.39. The number of nitrogens with zero attached hydrogens (tertiary/aromatic N) is 5. The van der Waals surface area contributed by atoms with Crippen molar-refractivity contribution in [1.82, 2.24) is 30.5 Å². The molecule has 0 spiro atoms. The van der Waals surface area contributed by atoms with Gasteiger partial charge in [0, 0.05) is 38.4 Å². The first kappa shape index (κ1) is 26.6. The van der Waals surface area contributed by atoms with E-state index in [4.69, 9.17) is 14.2 Å². The number of carbonyl (C=O) groups is 1. The number of ether oxygens (including phenoxy) is 3. The molecule has 4 heterocycles. The molecule has 3 aromatic heterocycles. The zero-order valence-electron chi connectivity index (χ0n) is 21.9. The third kappa shape index (κ3) is 6.08. The molecule has 0 radical (unpaired) electrons. The monoisotopic (exact) mass is 513 g/mol. The predicted octanol–water partition coefficient (Wildman–Crippen LogP) is 2.05. The van der Waals surface area contributed by atoms with Gasteiger partial charge in [-0.05, 0) is 39.7 Å². The zero-order valence-corrected chi connectivity index (χ0v) is 21.9. The fourth-order valence-electron chi connectivity index (χ4n) is 4.40. The van der Waals surface area contributed by atoms with Crippen molar-refractivity contribution in [2.45, 2.75) is 57.8 Å². The van der Waals surface area contributed by atoms with Crippen molar-refractivity contribution in [2.75, 3.05) is 38.8 Å². The highest BCUT2D eigenvalue weighted by Gasteiger charge is 2.27. The number of carbonyl (C=O) groups excluding carboxylic acids is 1. The fraction of sp³-hybridized carbons (Fsp3) is 0.560. The molecule has 3 atom stereocenters. The van der Waals surface area contributed by atoms with Gasteiger partial charge in [0.25, 0.3) is 5.91 Å². The topological polar surface area (TPSA) is 148 Å². The largest absolute Gasteiger partial charge is 0.496 e. The van der Waals surface area contributed by atoms with E-state index in [1.54, 1.807) is 40.3 Å². The summed E-state index contributed by atoms with van der Waals surface area (Å²) in [5.41, 5.74) is 1.84. The van der Waals surface area contributed by atoms with Crippen LogP contribution in [0.3, 0.4) is 0 Å². The van der Waals surface area contributed by atoms with E-state index in [-0.39, 0.29) is 23.7 Å². The molecule has 0 bridgehead atoms. The molecule has 12 heteroatoms. The van der Waals surface area contributed by atoms with Gasteiger partial charge in [0.15, 0.2) is 5.65 Å². The molecule has 0 unspecified atom stereocenters. The van der Waals surface area contributed by atoms with Crippen LogP contribution >= 0.6 is 0 Å². The Kier molecular flexibility index (Phi) is 8.39. The van der Waals surface area contributed by atoms with E-state index < -0.39 is 18.1 Å².